The molecule has 0 N–H and O–H groups in total. The van der Waals surface area contributed by atoms with Gasteiger partial charge in [0.2, 0.25) is 5.91 Å². The lowest BCUT2D eigenvalue weighted by Crippen LogP contribution is -2.37. The van der Waals surface area contributed by atoms with Gasteiger partial charge in [0.25, 0.3) is 0 Å². The molecule has 0 spiro atoms. The third kappa shape index (κ3) is 5.56. The van der Waals surface area contributed by atoms with Crippen molar-refractivity contribution in [1.29, 1.82) is 0 Å². The molecule has 1 amide bonds. The summed E-state index contributed by atoms with van der Waals surface area (Å²) >= 11 is 0. The van der Waals surface area contributed by atoms with Gasteiger partial charge in [-0.15, -0.1) is 0 Å². The second-order valence-corrected chi connectivity index (χ2v) is 6.53. The highest BCUT2D eigenvalue weighted by Crippen LogP contribution is 2.32. The molecule has 0 aliphatic carbocycles. The Morgan fingerprint density at radius 3 is 2.63 bits per heavy atom. The minimum absolute atomic E-state index is 0.0268. The van der Waals surface area contributed by atoms with Crippen LogP contribution >= 0.6 is 0 Å². The molecule has 0 saturated heterocycles. The van der Waals surface area contributed by atoms with E-state index < -0.39 is 11.7 Å². The summed E-state index contributed by atoms with van der Waals surface area (Å²) in [6.45, 7) is 4.60. The molecule has 5 nitrogen and oxygen atoms in total. The SMILES string of the molecule is COCCN(Cc1nccn1Cc1ccccc1C(F)(F)F)C(=O)C(C)C. The Balaban J connectivity index is 2.24. The molecule has 0 unspecified atom stereocenters. The lowest BCUT2D eigenvalue weighted by atomic mass is 10.1. The van der Waals surface area contributed by atoms with Crippen molar-refractivity contribution in [3.63, 3.8) is 0 Å². The largest absolute Gasteiger partial charge is 0.416 e. The summed E-state index contributed by atoms with van der Waals surface area (Å²) in [4.78, 5) is 18.3. The van der Waals surface area contributed by atoms with E-state index in [4.69, 9.17) is 4.74 Å². The molecular weight excluding hydrogens is 359 g/mol. The predicted octanol–water partition coefficient (Wildman–Crippen LogP) is 3.58. The van der Waals surface area contributed by atoms with E-state index in [0.29, 0.717) is 19.0 Å². The molecule has 0 aliphatic rings. The highest BCUT2D eigenvalue weighted by atomic mass is 19.4. The van der Waals surface area contributed by atoms with Crippen molar-refractivity contribution >= 4 is 5.91 Å². The number of carbonyl (C=O) groups excluding carboxylic acids is 1. The molecule has 1 heterocycles. The highest BCUT2D eigenvalue weighted by Gasteiger charge is 2.33. The number of alkyl halides is 3. The van der Waals surface area contributed by atoms with Crippen molar-refractivity contribution in [3.05, 3.63) is 53.6 Å². The van der Waals surface area contributed by atoms with E-state index in [-0.39, 0.29) is 30.5 Å². The van der Waals surface area contributed by atoms with Gasteiger partial charge in [0.15, 0.2) is 0 Å². The van der Waals surface area contributed by atoms with Gasteiger partial charge in [-0.3, -0.25) is 4.79 Å². The summed E-state index contributed by atoms with van der Waals surface area (Å²) in [6.07, 6.45) is -1.27. The van der Waals surface area contributed by atoms with Gasteiger partial charge in [0.05, 0.1) is 18.7 Å². The second-order valence-electron chi connectivity index (χ2n) is 6.53. The number of rotatable bonds is 8. The Bertz CT molecular complexity index is 757. The Morgan fingerprint density at radius 1 is 1.30 bits per heavy atom. The maximum atomic E-state index is 13.2. The van der Waals surface area contributed by atoms with Crippen LogP contribution in [0.5, 0.6) is 0 Å². The molecule has 0 atom stereocenters. The summed E-state index contributed by atoms with van der Waals surface area (Å²) < 4.78 is 46.4. The average Bonchev–Trinajstić information content (AvgIpc) is 3.04. The molecule has 27 heavy (non-hydrogen) atoms. The van der Waals surface area contributed by atoms with Gasteiger partial charge in [0, 0.05) is 38.5 Å². The molecule has 0 saturated carbocycles. The quantitative estimate of drug-likeness (QED) is 0.700. The van der Waals surface area contributed by atoms with Crippen molar-refractivity contribution < 1.29 is 22.7 Å². The molecule has 148 valence electrons. The number of halogens is 3. The van der Waals surface area contributed by atoms with Crippen LogP contribution in [0, 0.1) is 5.92 Å². The molecule has 2 aromatic rings. The summed E-state index contributed by atoms with van der Waals surface area (Å²) in [5.74, 6) is 0.269. The molecule has 0 bridgehead atoms. The van der Waals surface area contributed by atoms with E-state index in [1.807, 2.05) is 0 Å². The number of amides is 1. The number of methoxy groups -OCH3 is 1. The summed E-state index contributed by atoms with van der Waals surface area (Å²) in [5, 5.41) is 0. The van der Waals surface area contributed by atoms with Crippen LogP contribution in [0.3, 0.4) is 0 Å². The van der Waals surface area contributed by atoms with E-state index in [1.54, 1.807) is 42.7 Å². The fourth-order valence-electron chi connectivity index (χ4n) is 2.76. The predicted molar refractivity (Wildman–Crippen MR) is 94.9 cm³/mol. The van der Waals surface area contributed by atoms with Gasteiger partial charge in [-0.25, -0.2) is 4.98 Å². The first-order valence-corrected chi connectivity index (χ1v) is 8.67. The number of ether oxygens (including phenoxy) is 1. The maximum absolute atomic E-state index is 13.2. The van der Waals surface area contributed by atoms with Gasteiger partial charge >= 0.3 is 6.18 Å². The Kier molecular flexibility index (Phi) is 7.01. The first kappa shape index (κ1) is 21.0. The number of hydrogen-bond donors (Lipinski definition) is 0. The van der Waals surface area contributed by atoms with E-state index in [2.05, 4.69) is 4.98 Å². The van der Waals surface area contributed by atoms with Crippen LogP contribution in [-0.4, -0.2) is 40.6 Å². The molecule has 0 fully saturated rings. The average molecular weight is 383 g/mol. The zero-order valence-electron chi connectivity index (χ0n) is 15.7. The van der Waals surface area contributed by atoms with Crippen molar-refractivity contribution in [3.8, 4) is 0 Å². The fraction of sp³-hybridized carbons (Fsp3) is 0.474. The van der Waals surface area contributed by atoms with Crippen LogP contribution in [0.15, 0.2) is 36.7 Å². The zero-order valence-corrected chi connectivity index (χ0v) is 15.7. The van der Waals surface area contributed by atoms with Crippen molar-refractivity contribution in [2.75, 3.05) is 20.3 Å². The van der Waals surface area contributed by atoms with Gasteiger partial charge in [-0.1, -0.05) is 32.0 Å². The molecule has 1 aromatic heterocycles. The molecule has 2 rings (SSSR count). The summed E-state index contributed by atoms with van der Waals surface area (Å²) in [5.41, 5.74) is -0.512. The third-order valence-corrected chi connectivity index (χ3v) is 4.17. The van der Waals surface area contributed by atoms with Gasteiger partial charge in [-0.05, 0) is 11.6 Å². The number of benzene rings is 1. The third-order valence-electron chi connectivity index (χ3n) is 4.17. The number of hydrogen-bond acceptors (Lipinski definition) is 3. The summed E-state index contributed by atoms with van der Waals surface area (Å²) in [6, 6.07) is 5.47. The van der Waals surface area contributed by atoms with Crippen LogP contribution in [0.1, 0.15) is 30.8 Å². The monoisotopic (exact) mass is 383 g/mol. The van der Waals surface area contributed by atoms with Crippen LogP contribution in [-0.2, 0) is 28.8 Å². The molecule has 0 aliphatic heterocycles. The van der Waals surface area contributed by atoms with Crippen LogP contribution < -0.4 is 0 Å². The molecule has 0 radical (unpaired) electrons. The second kappa shape index (κ2) is 9.03. The Hall–Kier alpha value is -2.35. The van der Waals surface area contributed by atoms with E-state index in [0.717, 1.165) is 6.07 Å². The first-order valence-electron chi connectivity index (χ1n) is 8.67. The van der Waals surface area contributed by atoms with Crippen LogP contribution in [0.4, 0.5) is 13.2 Å². The minimum Gasteiger partial charge on any atom is -0.383 e. The normalized spacial score (nSPS) is 11.8. The number of aromatic nitrogens is 2. The maximum Gasteiger partial charge on any atom is 0.416 e. The number of nitrogens with zero attached hydrogens (tertiary/aromatic N) is 3. The van der Waals surface area contributed by atoms with Crippen LogP contribution in [0.2, 0.25) is 0 Å². The standard InChI is InChI=1S/C19H24F3N3O2/c1-14(2)18(26)25(10-11-27-3)13-17-23-8-9-24(17)12-15-6-4-5-7-16(15)19(20,21)22/h4-9,14H,10-13H2,1-3H3. The van der Waals surface area contributed by atoms with Gasteiger partial charge in [-0.2, -0.15) is 13.2 Å². The zero-order chi connectivity index (χ0) is 20.0. The van der Waals surface area contributed by atoms with Crippen molar-refractivity contribution in [2.45, 2.75) is 33.1 Å². The molecular formula is C19H24F3N3O2. The van der Waals surface area contributed by atoms with Gasteiger partial charge < -0.3 is 14.2 Å². The topological polar surface area (TPSA) is 47.4 Å². The summed E-state index contributed by atoms with van der Waals surface area (Å²) in [7, 11) is 1.55. The smallest absolute Gasteiger partial charge is 0.383 e. The van der Waals surface area contributed by atoms with Crippen molar-refractivity contribution in [2.24, 2.45) is 5.92 Å². The Morgan fingerprint density at radius 2 is 2.00 bits per heavy atom. The number of imidazole rings is 1. The highest BCUT2D eigenvalue weighted by molar-refractivity contribution is 5.78. The molecule has 1 aromatic carbocycles. The molecule has 8 heteroatoms. The lowest BCUT2D eigenvalue weighted by molar-refractivity contribution is -0.138. The fourth-order valence-corrected chi connectivity index (χ4v) is 2.76. The van der Waals surface area contributed by atoms with E-state index in [9.17, 15) is 18.0 Å². The van der Waals surface area contributed by atoms with E-state index in [1.165, 1.54) is 18.3 Å². The lowest BCUT2D eigenvalue weighted by Gasteiger charge is -2.24. The van der Waals surface area contributed by atoms with E-state index >= 15 is 0 Å². The number of carbonyl (C=O) groups is 1. The minimum atomic E-state index is -4.42. The van der Waals surface area contributed by atoms with Gasteiger partial charge in [0.1, 0.15) is 5.82 Å². The first-order chi connectivity index (χ1) is 12.7. The Labute approximate surface area is 156 Å². The van der Waals surface area contributed by atoms with Crippen LogP contribution in [0.25, 0.3) is 0 Å². The van der Waals surface area contributed by atoms with Crippen molar-refractivity contribution in [1.82, 2.24) is 14.5 Å².